The number of rotatable bonds is 8. The summed E-state index contributed by atoms with van der Waals surface area (Å²) in [6.45, 7) is 0.181. The molecule has 0 fully saturated rings. The van der Waals surface area contributed by atoms with E-state index in [1.54, 1.807) is 0 Å². The van der Waals surface area contributed by atoms with Crippen molar-refractivity contribution in [2.75, 3.05) is 19.6 Å². The van der Waals surface area contributed by atoms with E-state index in [1.807, 2.05) is 0 Å². The highest BCUT2D eigenvalue weighted by Gasteiger charge is 2.36. The molecule has 26 heavy (non-hydrogen) atoms. The van der Waals surface area contributed by atoms with Crippen molar-refractivity contribution < 1.29 is 29.2 Å². The summed E-state index contributed by atoms with van der Waals surface area (Å²) >= 11 is 0. The second-order valence-corrected chi connectivity index (χ2v) is 5.43. The van der Waals surface area contributed by atoms with Crippen LogP contribution in [0.4, 0.5) is 10.5 Å². The van der Waals surface area contributed by atoms with Gasteiger partial charge in [0.2, 0.25) is 0 Å². The molecule has 0 spiro atoms. The Morgan fingerprint density at radius 1 is 1.12 bits per heavy atom. The average Bonchev–Trinajstić information content (AvgIpc) is 2.82. The van der Waals surface area contributed by atoms with Crippen LogP contribution in [0.2, 0.25) is 0 Å². The molecule has 0 bridgehead atoms. The number of carboxylic acids is 1. The maximum absolute atomic E-state index is 12.2. The molecule has 3 N–H and O–H groups in total. The van der Waals surface area contributed by atoms with Crippen LogP contribution in [0.3, 0.4) is 0 Å². The smallest absolute Gasteiger partial charge is 0.314 e. The molecule has 0 saturated carbocycles. The minimum absolute atomic E-state index is 0.0106. The van der Waals surface area contributed by atoms with Crippen LogP contribution >= 0.6 is 0 Å². The van der Waals surface area contributed by atoms with Gasteiger partial charge in [0.05, 0.1) is 22.5 Å². The predicted octanol–water partition coefficient (Wildman–Crippen LogP) is 0.355. The molecule has 1 aliphatic rings. The quantitative estimate of drug-likeness (QED) is 0.260. The Bertz CT molecular complexity index is 777. The van der Waals surface area contributed by atoms with Gasteiger partial charge in [-0.05, 0) is 12.5 Å². The average molecular weight is 364 g/mol. The van der Waals surface area contributed by atoms with Crippen molar-refractivity contribution in [3.05, 3.63) is 39.4 Å². The number of nitrogens with zero attached hydrogens (tertiary/aromatic N) is 2. The molecule has 0 saturated heterocycles. The van der Waals surface area contributed by atoms with Crippen molar-refractivity contribution in [1.29, 1.82) is 0 Å². The highest BCUT2D eigenvalue weighted by atomic mass is 16.6. The van der Waals surface area contributed by atoms with Crippen molar-refractivity contribution in [3.8, 4) is 0 Å². The first-order chi connectivity index (χ1) is 12.3. The minimum atomic E-state index is -1.03. The number of benzene rings is 1. The highest BCUT2D eigenvalue weighted by Crippen LogP contribution is 2.26. The van der Waals surface area contributed by atoms with Gasteiger partial charge in [0.25, 0.3) is 17.5 Å². The van der Waals surface area contributed by atoms with Crippen LogP contribution in [0.5, 0.6) is 0 Å². The van der Waals surface area contributed by atoms with Gasteiger partial charge in [-0.25, -0.2) is 4.79 Å². The van der Waals surface area contributed by atoms with E-state index in [1.165, 1.54) is 6.07 Å². The van der Waals surface area contributed by atoms with E-state index in [0.717, 1.165) is 17.0 Å². The molecule has 11 heteroatoms. The van der Waals surface area contributed by atoms with Crippen LogP contribution in [0, 0.1) is 10.1 Å². The zero-order valence-electron chi connectivity index (χ0n) is 13.6. The Hall–Kier alpha value is -3.50. The van der Waals surface area contributed by atoms with Crippen molar-refractivity contribution in [3.63, 3.8) is 0 Å². The predicted molar refractivity (Wildman–Crippen MR) is 86.7 cm³/mol. The van der Waals surface area contributed by atoms with E-state index >= 15 is 0 Å². The summed E-state index contributed by atoms with van der Waals surface area (Å²) < 4.78 is 0. The lowest BCUT2D eigenvalue weighted by Gasteiger charge is -2.14. The van der Waals surface area contributed by atoms with Gasteiger partial charge in [-0.1, -0.05) is 0 Å². The zero-order valence-corrected chi connectivity index (χ0v) is 13.6. The van der Waals surface area contributed by atoms with E-state index in [0.29, 0.717) is 0 Å². The third kappa shape index (κ3) is 4.32. The van der Waals surface area contributed by atoms with Gasteiger partial charge in [-0.15, -0.1) is 0 Å². The fourth-order valence-corrected chi connectivity index (χ4v) is 2.38. The highest BCUT2D eigenvalue weighted by molar-refractivity contribution is 6.21. The molecule has 1 aromatic rings. The van der Waals surface area contributed by atoms with Crippen LogP contribution in [-0.2, 0) is 4.79 Å². The summed E-state index contributed by atoms with van der Waals surface area (Å²) in [6.07, 6.45) is 0.0779. The summed E-state index contributed by atoms with van der Waals surface area (Å²) in [5.74, 6) is -2.18. The first-order valence-electron chi connectivity index (χ1n) is 7.69. The van der Waals surface area contributed by atoms with E-state index in [2.05, 4.69) is 10.6 Å². The second-order valence-electron chi connectivity index (χ2n) is 5.43. The standard InChI is InChI=1S/C15H16N4O7/c20-12(21)4-6-17-15(24)16-5-1-7-18-13(22)10-3-2-9(19(25)26)8-11(10)14(18)23/h2-3,8H,1,4-7H2,(H,20,21)(H2,16,17,24). The second kappa shape index (κ2) is 8.05. The van der Waals surface area contributed by atoms with Crippen LogP contribution < -0.4 is 10.6 Å². The monoisotopic (exact) mass is 364 g/mol. The van der Waals surface area contributed by atoms with E-state index in [9.17, 15) is 29.3 Å². The fourth-order valence-electron chi connectivity index (χ4n) is 2.38. The number of carbonyl (C=O) groups is 4. The van der Waals surface area contributed by atoms with Gasteiger partial charge in [0, 0.05) is 31.8 Å². The van der Waals surface area contributed by atoms with Gasteiger partial charge in [0.1, 0.15) is 0 Å². The van der Waals surface area contributed by atoms with Gasteiger partial charge < -0.3 is 15.7 Å². The maximum Gasteiger partial charge on any atom is 0.314 e. The molecule has 0 unspecified atom stereocenters. The summed E-state index contributed by atoms with van der Waals surface area (Å²) in [5, 5.41) is 24.1. The molecular weight excluding hydrogens is 348 g/mol. The molecule has 138 valence electrons. The Kier molecular flexibility index (Phi) is 5.83. The minimum Gasteiger partial charge on any atom is -0.481 e. The number of nitrogens with one attached hydrogen (secondary N) is 2. The van der Waals surface area contributed by atoms with Crippen LogP contribution in [0.15, 0.2) is 18.2 Å². The molecule has 0 aromatic heterocycles. The molecule has 0 aliphatic carbocycles. The fraction of sp³-hybridized carbons (Fsp3) is 0.333. The molecule has 4 amide bonds. The summed E-state index contributed by atoms with van der Waals surface area (Å²) in [5.41, 5.74) is -0.171. The molecule has 0 radical (unpaired) electrons. The third-order valence-electron chi connectivity index (χ3n) is 3.63. The lowest BCUT2D eigenvalue weighted by Crippen LogP contribution is -2.38. The molecule has 1 aliphatic heterocycles. The number of imide groups is 1. The number of hydrogen-bond donors (Lipinski definition) is 3. The number of non-ortho nitro benzene ring substituents is 1. The number of nitro benzene ring substituents is 1. The van der Waals surface area contributed by atoms with Crippen LogP contribution in [0.25, 0.3) is 0 Å². The van der Waals surface area contributed by atoms with Gasteiger partial charge in [0.15, 0.2) is 0 Å². The van der Waals surface area contributed by atoms with Crippen molar-refractivity contribution >= 4 is 29.5 Å². The summed E-state index contributed by atoms with van der Waals surface area (Å²) in [4.78, 5) is 57.3. The van der Waals surface area contributed by atoms with E-state index in [4.69, 9.17) is 5.11 Å². The number of aliphatic carboxylic acids is 1. The Morgan fingerprint density at radius 3 is 2.42 bits per heavy atom. The summed E-state index contributed by atoms with van der Waals surface area (Å²) in [7, 11) is 0. The van der Waals surface area contributed by atoms with Gasteiger partial charge in [-0.3, -0.25) is 29.4 Å². The lowest BCUT2D eigenvalue weighted by molar-refractivity contribution is -0.384. The topological polar surface area (TPSA) is 159 Å². The Morgan fingerprint density at radius 2 is 1.77 bits per heavy atom. The molecule has 11 nitrogen and oxygen atoms in total. The Labute approximate surface area is 147 Å². The first kappa shape index (κ1) is 18.8. The first-order valence-corrected chi connectivity index (χ1v) is 7.69. The van der Waals surface area contributed by atoms with E-state index < -0.39 is 28.7 Å². The number of carboxylic acid groups (broad SMARTS) is 1. The van der Waals surface area contributed by atoms with Crippen molar-refractivity contribution in [1.82, 2.24) is 15.5 Å². The zero-order chi connectivity index (χ0) is 19.3. The molecular formula is C15H16N4O7. The van der Waals surface area contributed by atoms with Crippen molar-refractivity contribution in [2.45, 2.75) is 12.8 Å². The number of urea groups is 1. The van der Waals surface area contributed by atoms with Gasteiger partial charge >= 0.3 is 12.0 Å². The molecule has 1 aromatic carbocycles. The number of amides is 4. The number of fused-ring (bicyclic) bond motifs is 1. The largest absolute Gasteiger partial charge is 0.481 e. The van der Waals surface area contributed by atoms with Gasteiger partial charge in [-0.2, -0.15) is 0 Å². The number of hydrogen-bond acceptors (Lipinski definition) is 6. The molecule has 0 atom stereocenters. The number of nitro groups is 1. The normalized spacial score (nSPS) is 12.7. The summed E-state index contributed by atoms with van der Waals surface area (Å²) in [6, 6.07) is 2.94. The number of carbonyl (C=O) groups excluding carboxylic acids is 3. The van der Waals surface area contributed by atoms with Crippen LogP contribution in [-0.4, -0.2) is 58.4 Å². The molecule has 1 heterocycles. The SMILES string of the molecule is O=C(O)CCNC(=O)NCCCN1C(=O)c2ccc([N+](=O)[O-])cc2C1=O. The lowest BCUT2D eigenvalue weighted by atomic mass is 10.1. The molecule has 2 rings (SSSR count). The van der Waals surface area contributed by atoms with Crippen molar-refractivity contribution in [2.24, 2.45) is 0 Å². The van der Waals surface area contributed by atoms with Crippen LogP contribution in [0.1, 0.15) is 33.6 Å². The maximum atomic E-state index is 12.2. The van der Waals surface area contributed by atoms with E-state index in [-0.39, 0.29) is 49.3 Å². The Balaban J connectivity index is 1.83. The third-order valence-corrected chi connectivity index (χ3v) is 3.63.